The van der Waals surface area contributed by atoms with E-state index in [9.17, 15) is 14.0 Å². The SMILES string of the molecule is O=C(O)CCCCC(=O)OCCOCCOCCOCCOCCOCCOCCOCCOCCOCCOCCF. The van der Waals surface area contributed by atoms with E-state index in [2.05, 4.69) is 0 Å². The third-order valence-corrected chi connectivity index (χ3v) is 5.08. The number of carboxylic acid groups (broad SMARTS) is 1. The van der Waals surface area contributed by atoms with Crippen LogP contribution in [0.5, 0.6) is 0 Å². The Bertz CT molecular complexity index is 588. The Morgan fingerprint density at radius 1 is 0.395 bits per heavy atom. The number of aliphatic carboxylic acids is 1. The van der Waals surface area contributed by atoms with Crippen molar-refractivity contribution in [1.82, 2.24) is 0 Å². The quantitative estimate of drug-likeness (QED) is 0.0773. The maximum atomic E-state index is 11.8. The molecular formula is C28H53FO14. The number of carboxylic acids is 1. The summed E-state index contributed by atoms with van der Waals surface area (Å²) >= 11 is 0. The first-order valence-electron chi connectivity index (χ1n) is 14.9. The van der Waals surface area contributed by atoms with Crippen LogP contribution in [0.4, 0.5) is 4.39 Å². The van der Waals surface area contributed by atoms with E-state index in [4.69, 9.17) is 57.2 Å². The van der Waals surface area contributed by atoms with Crippen LogP contribution in [-0.2, 0) is 61.7 Å². The third-order valence-electron chi connectivity index (χ3n) is 5.08. The Labute approximate surface area is 254 Å². The first-order chi connectivity index (χ1) is 21.2. The zero-order valence-corrected chi connectivity index (χ0v) is 25.5. The molecule has 0 fully saturated rings. The topological polar surface area (TPSA) is 156 Å². The summed E-state index contributed by atoms with van der Waals surface area (Å²) in [5.74, 6) is -1.22. The largest absolute Gasteiger partial charge is 0.481 e. The molecule has 0 bridgehead atoms. The van der Waals surface area contributed by atoms with E-state index in [0.29, 0.717) is 132 Å². The molecule has 0 unspecified atom stereocenters. The number of halogens is 1. The van der Waals surface area contributed by atoms with Crippen molar-refractivity contribution in [3.05, 3.63) is 0 Å². The van der Waals surface area contributed by atoms with E-state index in [-0.39, 0.29) is 38.6 Å². The number of esters is 1. The molecule has 0 radical (unpaired) electrons. The van der Waals surface area contributed by atoms with Crippen LogP contribution in [0.1, 0.15) is 25.7 Å². The molecule has 0 atom stereocenters. The van der Waals surface area contributed by atoms with Crippen LogP contribution in [0.2, 0.25) is 0 Å². The van der Waals surface area contributed by atoms with Crippen molar-refractivity contribution in [2.75, 3.05) is 145 Å². The smallest absolute Gasteiger partial charge is 0.305 e. The van der Waals surface area contributed by atoms with Crippen molar-refractivity contribution in [3.8, 4) is 0 Å². The van der Waals surface area contributed by atoms with E-state index >= 15 is 0 Å². The lowest BCUT2D eigenvalue weighted by Crippen LogP contribution is -2.15. The average molecular weight is 633 g/mol. The van der Waals surface area contributed by atoms with Gasteiger partial charge in [0.2, 0.25) is 0 Å². The Kier molecular flexibility index (Phi) is 35.4. The minimum atomic E-state index is -0.865. The molecule has 43 heavy (non-hydrogen) atoms. The lowest BCUT2D eigenvalue weighted by atomic mass is 10.2. The molecule has 15 heteroatoms. The fraction of sp³-hybridized carbons (Fsp3) is 0.929. The number of alkyl halides is 1. The predicted molar refractivity (Wildman–Crippen MR) is 151 cm³/mol. The molecule has 0 aromatic rings. The molecule has 0 aliphatic heterocycles. The number of carbonyl (C=O) groups excluding carboxylic acids is 1. The third kappa shape index (κ3) is 38.4. The second-order valence-corrected chi connectivity index (χ2v) is 8.63. The standard InChI is InChI=1S/C28H53FO14/c29-5-6-33-7-8-34-9-10-35-11-12-36-13-14-37-15-16-38-17-18-39-19-20-40-21-22-41-23-24-42-25-26-43-28(32)4-2-1-3-27(30)31/h1-26H2,(H,30,31). The van der Waals surface area contributed by atoms with Gasteiger partial charge in [0.05, 0.1) is 132 Å². The summed E-state index contributed by atoms with van der Waals surface area (Å²) in [5, 5.41) is 8.53. The average Bonchev–Trinajstić information content (AvgIpc) is 2.99. The predicted octanol–water partition coefficient (Wildman–Crippen LogP) is 1.31. The molecule has 256 valence electrons. The molecule has 0 rings (SSSR count). The van der Waals surface area contributed by atoms with Gasteiger partial charge in [-0.2, -0.15) is 0 Å². The van der Waals surface area contributed by atoms with Gasteiger partial charge in [0, 0.05) is 12.8 Å². The van der Waals surface area contributed by atoms with Crippen molar-refractivity contribution in [1.29, 1.82) is 0 Å². The molecular weight excluding hydrogens is 579 g/mol. The molecule has 0 aromatic carbocycles. The zero-order chi connectivity index (χ0) is 31.3. The zero-order valence-electron chi connectivity index (χ0n) is 25.5. The van der Waals surface area contributed by atoms with Crippen LogP contribution in [0.15, 0.2) is 0 Å². The molecule has 0 saturated carbocycles. The summed E-state index contributed by atoms with van der Waals surface area (Å²) in [6.07, 6.45) is 1.23. The Morgan fingerprint density at radius 2 is 0.651 bits per heavy atom. The van der Waals surface area contributed by atoms with Crippen molar-refractivity contribution in [2.24, 2.45) is 0 Å². The van der Waals surface area contributed by atoms with Crippen LogP contribution >= 0.6 is 0 Å². The summed E-state index contributed by atoms with van der Waals surface area (Å²) in [6, 6.07) is 0. The second kappa shape index (κ2) is 36.7. The van der Waals surface area contributed by atoms with Crippen LogP contribution in [0.25, 0.3) is 0 Å². The molecule has 0 saturated heterocycles. The molecule has 1 N–H and O–H groups in total. The maximum absolute atomic E-state index is 11.8. The number of hydrogen-bond donors (Lipinski definition) is 1. The lowest BCUT2D eigenvalue weighted by Gasteiger charge is -2.09. The Balaban J connectivity index is 3.09. The first-order valence-corrected chi connectivity index (χ1v) is 14.9. The van der Waals surface area contributed by atoms with Gasteiger partial charge in [-0.1, -0.05) is 0 Å². The highest BCUT2D eigenvalue weighted by atomic mass is 19.1. The van der Waals surface area contributed by atoms with Gasteiger partial charge in [-0.15, -0.1) is 0 Å². The van der Waals surface area contributed by atoms with Gasteiger partial charge in [-0.3, -0.25) is 9.59 Å². The fourth-order valence-electron chi connectivity index (χ4n) is 2.97. The summed E-state index contributed by atoms with van der Waals surface area (Å²) in [5.41, 5.74) is 0. The van der Waals surface area contributed by atoms with Crippen LogP contribution in [-0.4, -0.2) is 162 Å². The van der Waals surface area contributed by atoms with Crippen molar-refractivity contribution >= 4 is 11.9 Å². The summed E-state index contributed by atoms with van der Waals surface area (Å²) in [7, 11) is 0. The van der Waals surface area contributed by atoms with Gasteiger partial charge < -0.3 is 57.2 Å². The molecule has 0 aliphatic carbocycles. The maximum Gasteiger partial charge on any atom is 0.305 e. The van der Waals surface area contributed by atoms with Gasteiger partial charge >= 0.3 is 11.9 Å². The second-order valence-electron chi connectivity index (χ2n) is 8.63. The van der Waals surface area contributed by atoms with Gasteiger partial charge in [0.25, 0.3) is 0 Å². The molecule has 0 aliphatic rings. The fourth-order valence-corrected chi connectivity index (χ4v) is 2.97. The normalized spacial score (nSPS) is 11.3. The molecule has 0 spiro atoms. The van der Waals surface area contributed by atoms with E-state index < -0.39 is 12.6 Å². The van der Waals surface area contributed by atoms with Gasteiger partial charge in [0.1, 0.15) is 13.3 Å². The number of hydrogen-bond acceptors (Lipinski definition) is 13. The van der Waals surface area contributed by atoms with E-state index in [1.807, 2.05) is 0 Å². The highest BCUT2D eigenvalue weighted by Crippen LogP contribution is 2.01. The van der Waals surface area contributed by atoms with Crippen molar-refractivity contribution < 1.29 is 71.2 Å². The highest BCUT2D eigenvalue weighted by Gasteiger charge is 2.04. The van der Waals surface area contributed by atoms with Gasteiger partial charge in [-0.05, 0) is 12.8 Å². The van der Waals surface area contributed by atoms with E-state index in [1.54, 1.807) is 0 Å². The lowest BCUT2D eigenvalue weighted by molar-refractivity contribution is -0.146. The summed E-state index contributed by atoms with van der Waals surface area (Å²) < 4.78 is 70.2. The number of unbranched alkanes of at least 4 members (excludes halogenated alkanes) is 1. The minimum Gasteiger partial charge on any atom is -0.481 e. The molecule has 14 nitrogen and oxygen atoms in total. The van der Waals surface area contributed by atoms with Gasteiger partial charge in [0.15, 0.2) is 0 Å². The number of carbonyl (C=O) groups is 2. The Hall–Kier alpha value is -1.53. The van der Waals surface area contributed by atoms with E-state index in [0.717, 1.165) is 0 Å². The highest BCUT2D eigenvalue weighted by molar-refractivity contribution is 5.69. The van der Waals surface area contributed by atoms with Crippen LogP contribution < -0.4 is 0 Å². The summed E-state index contributed by atoms with van der Waals surface area (Å²) in [4.78, 5) is 21.8. The summed E-state index contributed by atoms with van der Waals surface area (Å²) in [6.45, 7) is 8.21. The first kappa shape index (κ1) is 41.5. The van der Waals surface area contributed by atoms with Gasteiger partial charge in [-0.25, -0.2) is 4.39 Å². The molecule has 0 aromatic heterocycles. The van der Waals surface area contributed by atoms with Crippen LogP contribution in [0, 0.1) is 0 Å². The molecule has 0 amide bonds. The minimum absolute atomic E-state index is 0.0580. The van der Waals surface area contributed by atoms with Crippen LogP contribution in [0.3, 0.4) is 0 Å². The Morgan fingerprint density at radius 3 is 0.930 bits per heavy atom. The number of ether oxygens (including phenoxy) is 11. The monoisotopic (exact) mass is 632 g/mol. The number of rotatable bonds is 37. The van der Waals surface area contributed by atoms with E-state index in [1.165, 1.54) is 0 Å². The molecule has 0 heterocycles. The van der Waals surface area contributed by atoms with Crippen molar-refractivity contribution in [2.45, 2.75) is 25.7 Å². The van der Waals surface area contributed by atoms with Crippen molar-refractivity contribution in [3.63, 3.8) is 0 Å².